The molecule has 0 radical (unpaired) electrons. The zero-order valence-electron chi connectivity index (χ0n) is 7.86. The Labute approximate surface area is 80.9 Å². The molecule has 1 aliphatic heterocycles. The summed E-state index contributed by atoms with van der Waals surface area (Å²) in [5.74, 6) is 1.48. The van der Waals surface area contributed by atoms with Gasteiger partial charge in [-0.25, -0.2) is 0 Å². The van der Waals surface area contributed by atoms with E-state index in [0.29, 0.717) is 5.92 Å². The Balaban J connectivity index is 2.43. The van der Waals surface area contributed by atoms with Crippen LogP contribution in [-0.4, -0.2) is 17.2 Å². The SMILES string of the molecule is CC1C=CC2=C(C=C1)OC=[S-](C)=C2. The summed E-state index contributed by atoms with van der Waals surface area (Å²) < 4.78 is 5.52. The number of hydrogen-bond donors (Lipinski definition) is 0. The van der Waals surface area contributed by atoms with Crippen molar-refractivity contribution < 1.29 is 4.74 Å². The van der Waals surface area contributed by atoms with Gasteiger partial charge in [0, 0.05) is 0 Å². The highest BCUT2D eigenvalue weighted by molar-refractivity contribution is 7.93. The quantitative estimate of drug-likeness (QED) is 0.421. The van der Waals surface area contributed by atoms with Crippen LogP contribution in [-0.2, 0) is 14.8 Å². The highest BCUT2D eigenvalue weighted by Crippen LogP contribution is 2.16. The van der Waals surface area contributed by atoms with Crippen LogP contribution in [0.5, 0.6) is 0 Å². The van der Waals surface area contributed by atoms with Crippen LogP contribution in [0.1, 0.15) is 6.92 Å². The first-order valence-electron chi connectivity index (χ1n) is 4.35. The molecule has 0 saturated heterocycles. The van der Waals surface area contributed by atoms with Gasteiger partial charge in [0.05, 0.1) is 0 Å². The third kappa shape index (κ3) is 1.89. The normalized spacial score (nSPS) is 27.1. The molecule has 0 N–H and O–H groups in total. The van der Waals surface area contributed by atoms with Crippen LogP contribution in [0.15, 0.2) is 35.6 Å². The monoisotopic (exact) mass is 193 g/mol. The fourth-order valence-corrected chi connectivity index (χ4v) is 2.20. The second kappa shape index (κ2) is 3.46. The smallest absolute Gasteiger partial charge is 0.127 e. The highest BCUT2D eigenvalue weighted by Gasteiger charge is 2.03. The fraction of sp³-hybridized carbons (Fsp3) is 0.273. The van der Waals surface area contributed by atoms with Gasteiger partial charge in [-0.3, -0.25) is 0 Å². The Morgan fingerprint density at radius 1 is 1.31 bits per heavy atom. The van der Waals surface area contributed by atoms with Crippen molar-refractivity contribution in [2.45, 2.75) is 6.92 Å². The summed E-state index contributed by atoms with van der Waals surface area (Å²) in [6.07, 6.45) is 10.7. The molecule has 1 aliphatic carbocycles. The van der Waals surface area contributed by atoms with Gasteiger partial charge in [-0.05, 0) is 23.1 Å². The summed E-state index contributed by atoms with van der Waals surface area (Å²) in [4.78, 5) is 0. The van der Waals surface area contributed by atoms with Crippen molar-refractivity contribution in [3.63, 3.8) is 0 Å². The van der Waals surface area contributed by atoms with Gasteiger partial charge < -0.3 is 14.8 Å². The minimum absolute atomic E-state index is 0.157. The van der Waals surface area contributed by atoms with E-state index in [9.17, 15) is 0 Å². The molecule has 1 heterocycles. The minimum Gasteiger partial charge on any atom is -0.492 e. The molecule has 70 valence electrons. The van der Waals surface area contributed by atoms with Gasteiger partial charge in [-0.2, -0.15) is 5.37 Å². The lowest BCUT2D eigenvalue weighted by Gasteiger charge is -2.16. The Bertz CT molecular complexity index is 390. The molecule has 0 aromatic carbocycles. The van der Waals surface area contributed by atoms with Crippen molar-refractivity contribution in [2.75, 3.05) is 6.26 Å². The van der Waals surface area contributed by atoms with Crippen LogP contribution < -0.4 is 0 Å². The first kappa shape index (κ1) is 8.70. The number of rotatable bonds is 0. The molecule has 0 saturated carbocycles. The van der Waals surface area contributed by atoms with Gasteiger partial charge in [0.2, 0.25) is 0 Å². The summed E-state index contributed by atoms with van der Waals surface area (Å²) in [6, 6.07) is 0. The Hall–Kier alpha value is -0.890. The van der Waals surface area contributed by atoms with Crippen LogP contribution in [0.4, 0.5) is 0 Å². The predicted molar refractivity (Wildman–Crippen MR) is 61.0 cm³/mol. The molecule has 13 heavy (non-hydrogen) atoms. The molecular formula is C11H13OS-. The minimum atomic E-state index is 0.157. The molecule has 0 amide bonds. The molecule has 0 fully saturated rings. The third-order valence-corrected chi connectivity index (χ3v) is 3.08. The lowest BCUT2D eigenvalue weighted by atomic mass is 10.1. The largest absolute Gasteiger partial charge is 0.492 e. The van der Waals surface area contributed by atoms with Crippen LogP contribution in [0.2, 0.25) is 0 Å². The Kier molecular flexibility index (Phi) is 2.32. The van der Waals surface area contributed by atoms with Crippen LogP contribution in [0, 0.1) is 5.92 Å². The van der Waals surface area contributed by atoms with Crippen molar-refractivity contribution in [2.24, 2.45) is 5.92 Å². The zero-order chi connectivity index (χ0) is 9.26. The van der Waals surface area contributed by atoms with E-state index in [-0.39, 0.29) is 10.1 Å². The molecule has 2 heteroatoms. The van der Waals surface area contributed by atoms with Gasteiger partial charge in [0.25, 0.3) is 0 Å². The van der Waals surface area contributed by atoms with Crippen LogP contribution >= 0.6 is 0 Å². The lowest BCUT2D eigenvalue weighted by Crippen LogP contribution is -2.02. The maximum Gasteiger partial charge on any atom is 0.127 e. The van der Waals surface area contributed by atoms with Crippen molar-refractivity contribution in [1.82, 2.24) is 0 Å². The Morgan fingerprint density at radius 3 is 2.92 bits per heavy atom. The predicted octanol–water partition coefficient (Wildman–Crippen LogP) is 1.84. The molecular weight excluding hydrogens is 180 g/mol. The maximum absolute atomic E-state index is 5.52. The number of allylic oxidation sites excluding steroid dienone is 5. The van der Waals surface area contributed by atoms with E-state index in [2.05, 4.69) is 42.9 Å². The summed E-state index contributed by atoms with van der Waals surface area (Å²) in [5.41, 5.74) is 3.11. The van der Waals surface area contributed by atoms with Gasteiger partial charge in [-0.15, -0.1) is 6.26 Å². The van der Waals surface area contributed by atoms with E-state index in [1.165, 1.54) is 5.57 Å². The second-order valence-corrected chi connectivity index (χ2v) is 4.98. The van der Waals surface area contributed by atoms with Gasteiger partial charge in [-0.1, -0.05) is 25.2 Å². The molecule has 0 bridgehead atoms. The Morgan fingerprint density at radius 2 is 2.08 bits per heavy atom. The van der Waals surface area contributed by atoms with Gasteiger partial charge in [0.15, 0.2) is 0 Å². The van der Waals surface area contributed by atoms with Crippen LogP contribution in [0.3, 0.4) is 0 Å². The van der Waals surface area contributed by atoms with E-state index in [0.717, 1.165) is 5.76 Å². The third-order valence-electron chi connectivity index (χ3n) is 2.05. The first-order chi connectivity index (χ1) is 6.25. The van der Waals surface area contributed by atoms with Gasteiger partial charge in [0.1, 0.15) is 5.76 Å². The molecule has 1 unspecified atom stereocenters. The van der Waals surface area contributed by atoms with E-state index in [1.54, 1.807) is 0 Å². The molecule has 2 aliphatic rings. The number of hydrogen-bond acceptors (Lipinski definition) is 2. The summed E-state index contributed by atoms with van der Waals surface area (Å²) >= 11 is 0. The molecule has 1 nitrogen and oxygen atoms in total. The van der Waals surface area contributed by atoms with E-state index < -0.39 is 0 Å². The molecule has 0 aromatic heterocycles. The molecule has 1 atom stereocenters. The van der Waals surface area contributed by atoms with Crippen molar-refractivity contribution in [3.05, 3.63) is 35.6 Å². The average Bonchev–Trinajstić information content (AvgIpc) is 2.29. The number of ether oxygens (including phenoxy) is 1. The molecule has 0 aromatic rings. The maximum atomic E-state index is 5.52. The van der Waals surface area contributed by atoms with E-state index >= 15 is 0 Å². The molecule has 0 spiro atoms. The van der Waals surface area contributed by atoms with Crippen molar-refractivity contribution >= 4 is 21.0 Å². The lowest BCUT2D eigenvalue weighted by molar-refractivity contribution is 0.461. The van der Waals surface area contributed by atoms with E-state index in [4.69, 9.17) is 4.74 Å². The summed E-state index contributed by atoms with van der Waals surface area (Å²) in [6.45, 7) is 2.17. The van der Waals surface area contributed by atoms with Crippen molar-refractivity contribution in [1.29, 1.82) is 0 Å². The first-order valence-corrected chi connectivity index (χ1v) is 6.11. The van der Waals surface area contributed by atoms with Crippen molar-refractivity contribution in [3.8, 4) is 0 Å². The fourth-order valence-electron chi connectivity index (χ4n) is 1.30. The standard InChI is InChI=1S/C11H13OS/c1-9-3-5-10-7-13(2)8-12-11(10)6-4-9/h3-9H,1-2H3/q-1. The highest BCUT2D eigenvalue weighted by atomic mass is 32.2. The van der Waals surface area contributed by atoms with Gasteiger partial charge >= 0.3 is 0 Å². The second-order valence-electron chi connectivity index (χ2n) is 3.34. The topological polar surface area (TPSA) is 9.23 Å². The average molecular weight is 193 g/mol. The molecule has 2 rings (SSSR count). The summed E-state index contributed by atoms with van der Waals surface area (Å²) in [7, 11) is 0.157. The summed E-state index contributed by atoms with van der Waals surface area (Å²) in [5, 5.41) is 2.25. The van der Waals surface area contributed by atoms with E-state index in [1.807, 2.05) is 5.55 Å². The zero-order valence-corrected chi connectivity index (χ0v) is 8.67. The van der Waals surface area contributed by atoms with Crippen LogP contribution in [0.25, 0.3) is 0 Å².